The van der Waals surface area contributed by atoms with Gasteiger partial charge in [0.2, 0.25) is 0 Å². The second kappa shape index (κ2) is 8.94. The van der Waals surface area contributed by atoms with E-state index >= 15 is 0 Å². The molecule has 2 heterocycles. The fourth-order valence-corrected chi connectivity index (χ4v) is 3.42. The van der Waals surface area contributed by atoms with Crippen molar-refractivity contribution in [3.63, 3.8) is 0 Å². The Morgan fingerprint density at radius 1 is 0.972 bits per heavy atom. The van der Waals surface area contributed by atoms with E-state index in [0.717, 1.165) is 27.7 Å². The highest BCUT2D eigenvalue weighted by atomic mass is 19.4. The molecule has 0 aliphatic heterocycles. The summed E-state index contributed by atoms with van der Waals surface area (Å²) < 4.78 is 80.7. The highest BCUT2D eigenvalue weighted by Crippen LogP contribution is 2.36. The van der Waals surface area contributed by atoms with E-state index in [1.54, 1.807) is 35.6 Å². The molecule has 0 saturated heterocycles. The van der Waals surface area contributed by atoms with Gasteiger partial charge in [-0.25, -0.2) is 4.68 Å². The first-order valence-electron chi connectivity index (χ1n) is 10.1. The summed E-state index contributed by atoms with van der Waals surface area (Å²) in [6.07, 6.45) is -7.75. The van der Waals surface area contributed by atoms with Gasteiger partial charge < -0.3 is 14.9 Å². The molecule has 2 aromatic heterocycles. The van der Waals surface area contributed by atoms with E-state index in [1.807, 2.05) is 0 Å². The summed E-state index contributed by atoms with van der Waals surface area (Å²) in [5, 5.41) is 1.63. The Morgan fingerprint density at radius 2 is 1.67 bits per heavy atom. The molecule has 0 radical (unpaired) electrons. The Bertz CT molecular complexity index is 1550. The van der Waals surface area contributed by atoms with Crippen LogP contribution in [0.25, 0.3) is 16.7 Å². The molecule has 2 aromatic carbocycles. The van der Waals surface area contributed by atoms with Crippen LogP contribution in [-0.2, 0) is 17.5 Å². The number of rotatable bonds is 5. The Morgan fingerprint density at radius 3 is 2.31 bits per heavy atom. The quantitative estimate of drug-likeness (QED) is 0.282. The Kier molecular flexibility index (Phi) is 6.12. The third kappa shape index (κ3) is 4.96. The second-order valence-corrected chi connectivity index (χ2v) is 7.56. The summed E-state index contributed by atoms with van der Waals surface area (Å²) >= 11 is 0. The lowest BCUT2D eigenvalue weighted by atomic mass is 10.1. The average Bonchev–Trinajstić information content (AvgIpc) is 3.28. The lowest BCUT2D eigenvalue weighted by Gasteiger charge is -2.18. The molecule has 4 rings (SSSR count). The number of aromatic nitrogens is 3. The number of hydrogen-bond acceptors (Lipinski definition) is 4. The molecule has 0 saturated carbocycles. The summed E-state index contributed by atoms with van der Waals surface area (Å²) in [4.78, 5) is 37.8. The number of alkyl halides is 6. The zero-order chi connectivity index (χ0) is 26.3. The van der Waals surface area contributed by atoms with Gasteiger partial charge in [0, 0.05) is 18.9 Å². The van der Waals surface area contributed by atoms with E-state index in [4.69, 9.17) is 0 Å². The number of fused-ring (bicyclic) bond motifs is 1. The third-order valence-corrected chi connectivity index (χ3v) is 5.06. The number of halogens is 6. The van der Waals surface area contributed by atoms with Gasteiger partial charge in [-0.3, -0.25) is 19.8 Å². The molecule has 1 amide bonds. The van der Waals surface area contributed by atoms with E-state index in [9.17, 15) is 40.7 Å². The molecular weight excluding hydrogens is 496 g/mol. The SMILES string of the molecule is O=C(NCc1ccn(-c2cc3c(cc2C(F)(F)F)[nH]c(=O)c(=O)n3Nc2ccccc2)c1)C(F)(F)F. The third-order valence-electron chi connectivity index (χ3n) is 5.06. The van der Waals surface area contributed by atoms with E-state index in [2.05, 4.69) is 10.4 Å². The van der Waals surface area contributed by atoms with Gasteiger partial charge in [-0.2, -0.15) is 26.3 Å². The number of nitrogens with one attached hydrogen (secondary N) is 3. The van der Waals surface area contributed by atoms with Gasteiger partial charge in [-0.05, 0) is 35.9 Å². The summed E-state index contributed by atoms with van der Waals surface area (Å²) in [6, 6.07) is 11.0. The number of amides is 1. The van der Waals surface area contributed by atoms with Crippen molar-refractivity contribution in [3.05, 3.63) is 92.8 Å². The van der Waals surface area contributed by atoms with Gasteiger partial charge in [0.1, 0.15) is 0 Å². The van der Waals surface area contributed by atoms with Crippen LogP contribution in [0.2, 0.25) is 0 Å². The number of carbonyl (C=O) groups excluding carboxylic acids is 1. The lowest BCUT2D eigenvalue weighted by Crippen LogP contribution is -2.39. The highest BCUT2D eigenvalue weighted by molar-refractivity contribution is 5.82. The van der Waals surface area contributed by atoms with Crippen molar-refractivity contribution in [2.24, 2.45) is 0 Å². The minimum atomic E-state index is -5.11. The van der Waals surface area contributed by atoms with Crippen LogP contribution in [0, 0.1) is 0 Å². The zero-order valence-electron chi connectivity index (χ0n) is 17.9. The van der Waals surface area contributed by atoms with Crippen molar-refractivity contribution < 1.29 is 31.1 Å². The molecule has 0 aliphatic carbocycles. The molecule has 0 unspecified atom stereocenters. The van der Waals surface area contributed by atoms with Crippen LogP contribution in [0.5, 0.6) is 0 Å². The minimum absolute atomic E-state index is 0.0853. The first-order valence-corrected chi connectivity index (χ1v) is 10.1. The minimum Gasteiger partial charge on any atom is -0.344 e. The molecule has 14 heteroatoms. The standard InChI is InChI=1S/C22H15F6N5O3/c23-21(24,25)14-8-15-17(33(19(35)18(34)30-15)31-13-4-2-1-3-5-13)9-16(14)32-7-6-12(11-32)10-29-20(36)22(26,27)28/h1-9,11,31H,10H2,(H,29,36)(H,30,34). The van der Waals surface area contributed by atoms with Crippen LogP contribution in [0.4, 0.5) is 32.0 Å². The van der Waals surface area contributed by atoms with Crippen LogP contribution in [0.1, 0.15) is 11.1 Å². The summed E-state index contributed by atoms with van der Waals surface area (Å²) in [7, 11) is 0. The maximum Gasteiger partial charge on any atom is 0.471 e. The molecule has 36 heavy (non-hydrogen) atoms. The molecule has 3 N–H and O–H groups in total. The first kappa shape index (κ1) is 24.6. The van der Waals surface area contributed by atoms with Crippen molar-refractivity contribution in [1.29, 1.82) is 0 Å². The summed E-state index contributed by atoms with van der Waals surface area (Å²) in [5.74, 6) is -2.20. The first-order chi connectivity index (χ1) is 16.8. The number of benzene rings is 2. The average molecular weight is 511 g/mol. The van der Waals surface area contributed by atoms with Gasteiger partial charge in [0.25, 0.3) is 0 Å². The molecule has 0 aliphatic rings. The van der Waals surface area contributed by atoms with Crippen LogP contribution in [-0.4, -0.2) is 26.3 Å². The van der Waals surface area contributed by atoms with Crippen molar-refractivity contribution in [2.75, 3.05) is 5.43 Å². The molecule has 188 valence electrons. The molecule has 8 nitrogen and oxygen atoms in total. The van der Waals surface area contributed by atoms with Crippen molar-refractivity contribution in [2.45, 2.75) is 18.9 Å². The molecular formula is C22H15F6N5O3. The predicted octanol–water partition coefficient (Wildman–Crippen LogP) is 3.55. The largest absolute Gasteiger partial charge is 0.471 e. The number of hydrogen-bond donors (Lipinski definition) is 3. The van der Waals surface area contributed by atoms with Gasteiger partial charge >= 0.3 is 29.4 Å². The summed E-state index contributed by atoms with van der Waals surface area (Å²) in [5.41, 5.74) is -1.15. The Balaban J connectivity index is 1.84. The summed E-state index contributed by atoms with van der Waals surface area (Å²) in [6.45, 7) is -0.589. The molecule has 0 atom stereocenters. The van der Waals surface area contributed by atoms with Crippen LogP contribution in [0.15, 0.2) is 70.5 Å². The molecule has 0 fully saturated rings. The van der Waals surface area contributed by atoms with Crippen LogP contribution in [0.3, 0.4) is 0 Å². The fraction of sp³-hybridized carbons (Fsp3) is 0.136. The van der Waals surface area contributed by atoms with E-state index < -0.39 is 47.2 Å². The number of nitrogens with zero attached hydrogens (tertiary/aromatic N) is 2. The monoisotopic (exact) mass is 511 g/mol. The molecule has 0 bridgehead atoms. The predicted molar refractivity (Wildman–Crippen MR) is 117 cm³/mol. The fourth-order valence-electron chi connectivity index (χ4n) is 3.42. The molecule has 0 spiro atoms. The number of carbonyl (C=O) groups is 1. The highest BCUT2D eigenvalue weighted by Gasteiger charge is 2.38. The normalized spacial score (nSPS) is 12.1. The smallest absolute Gasteiger partial charge is 0.344 e. The number of para-hydroxylation sites is 1. The van der Waals surface area contributed by atoms with Crippen molar-refractivity contribution >= 4 is 22.6 Å². The number of anilines is 1. The Labute approximate surface area is 196 Å². The van der Waals surface area contributed by atoms with Crippen LogP contribution >= 0.6 is 0 Å². The van der Waals surface area contributed by atoms with Gasteiger partial charge in [0.15, 0.2) is 0 Å². The maximum atomic E-state index is 13.9. The molecule has 4 aromatic rings. The zero-order valence-corrected chi connectivity index (χ0v) is 17.9. The number of H-pyrrole nitrogens is 1. The maximum absolute atomic E-state index is 13.9. The van der Waals surface area contributed by atoms with E-state index in [1.165, 1.54) is 6.07 Å². The second-order valence-electron chi connectivity index (χ2n) is 7.56. The number of aromatic amines is 1. The van der Waals surface area contributed by atoms with E-state index in [0.29, 0.717) is 11.8 Å². The topological polar surface area (TPSA) is 101 Å². The lowest BCUT2D eigenvalue weighted by molar-refractivity contribution is -0.173. The van der Waals surface area contributed by atoms with Crippen molar-refractivity contribution in [3.8, 4) is 5.69 Å². The Hall–Kier alpha value is -4.49. The van der Waals surface area contributed by atoms with E-state index in [-0.39, 0.29) is 16.6 Å². The van der Waals surface area contributed by atoms with Gasteiger partial charge in [0.05, 0.1) is 28.0 Å². The van der Waals surface area contributed by atoms with Gasteiger partial charge in [-0.15, -0.1) is 0 Å². The van der Waals surface area contributed by atoms with Gasteiger partial charge in [-0.1, -0.05) is 18.2 Å². The van der Waals surface area contributed by atoms with Crippen LogP contribution < -0.4 is 21.9 Å². The van der Waals surface area contributed by atoms with Crippen molar-refractivity contribution in [1.82, 2.24) is 19.5 Å².